The minimum atomic E-state index is -4.27. The summed E-state index contributed by atoms with van der Waals surface area (Å²) in [7, 11) is 0. The van der Waals surface area contributed by atoms with Gasteiger partial charge in [-0.05, 0) is 36.6 Å². The maximum Gasteiger partial charge on any atom is 0.416 e. The highest BCUT2D eigenvalue weighted by molar-refractivity contribution is 5.36. The van der Waals surface area contributed by atoms with Gasteiger partial charge in [0.1, 0.15) is 0 Å². The van der Waals surface area contributed by atoms with Gasteiger partial charge in [-0.25, -0.2) is 0 Å². The average Bonchev–Trinajstić information content (AvgIpc) is 2.16. The number of halogens is 3. The Hall–Kier alpha value is -1.03. The zero-order chi connectivity index (χ0) is 11.1. The van der Waals surface area contributed by atoms with Gasteiger partial charge in [-0.3, -0.25) is 0 Å². The molecule has 1 heterocycles. The van der Waals surface area contributed by atoms with Crippen LogP contribution in [0.1, 0.15) is 29.7 Å². The molecule has 0 amide bonds. The van der Waals surface area contributed by atoms with Crippen molar-refractivity contribution in [1.29, 1.82) is 0 Å². The summed E-state index contributed by atoms with van der Waals surface area (Å²) in [5.41, 5.74) is 1.02. The Morgan fingerprint density at radius 3 is 2.73 bits per heavy atom. The molecule has 2 rings (SSSR count). The molecule has 1 aliphatic rings. The molecule has 0 saturated carbocycles. The molecule has 0 bridgehead atoms. The van der Waals surface area contributed by atoms with Crippen LogP contribution in [0.4, 0.5) is 13.2 Å². The third-order valence-electron chi connectivity index (χ3n) is 2.65. The second-order valence-electron chi connectivity index (χ2n) is 3.67. The molecule has 15 heavy (non-hydrogen) atoms. The standard InChI is InChI=1S/C11H11F3O/c1-7-10-6-9(11(12,13)14)3-2-8(10)4-5-15-7/h2-3,6-7H,4-5H2,1H3/t7-/m0/s1. The van der Waals surface area contributed by atoms with Crippen molar-refractivity contribution in [3.63, 3.8) is 0 Å². The molecular formula is C11H11F3O. The predicted molar refractivity (Wildman–Crippen MR) is 49.5 cm³/mol. The lowest BCUT2D eigenvalue weighted by atomic mass is 9.96. The summed E-state index contributed by atoms with van der Waals surface area (Å²) < 4.78 is 42.6. The van der Waals surface area contributed by atoms with E-state index in [1.807, 2.05) is 0 Å². The Bertz CT molecular complexity index is 371. The van der Waals surface area contributed by atoms with Gasteiger partial charge in [0, 0.05) is 0 Å². The van der Waals surface area contributed by atoms with Crippen LogP contribution in [0, 0.1) is 0 Å². The molecule has 82 valence electrons. The van der Waals surface area contributed by atoms with Crippen LogP contribution in [0.2, 0.25) is 0 Å². The lowest BCUT2D eigenvalue weighted by Gasteiger charge is -2.24. The molecule has 0 N–H and O–H groups in total. The van der Waals surface area contributed by atoms with Crippen molar-refractivity contribution in [3.05, 3.63) is 34.9 Å². The van der Waals surface area contributed by atoms with Gasteiger partial charge in [0.25, 0.3) is 0 Å². The molecule has 1 aromatic carbocycles. The van der Waals surface area contributed by atoms with Crippen molar-refractivity contribution in [2.45, 2.75) is 25.6 Å². The zero-order valence-electron chi connectivity index (χ0n) is 8.27. The quantitative estimate of drug-likeness (QED) is 0.646. The summed E-state index contributed by atoms with van der Waals surface area (Å²) in [6, 6.07) is 3.88. The Labute approximate surface area is 85.9 Å². The normalized spacial score (nSPS) is 21.2. The minimum absolute atomic E-state index is 0.240. The fourth-order valence-electron chi connectivity index (χ4n) is 1.81. The maximum atomic E-state index is 12.4. The van der Waals surface area contributed by atoms with Crippen molar-refractivity contribution in [3.8, 4) is 0 Å². The van der Waals surface area contributed by atoms with Crippen LogP contribution < -0.4 is 0 Å². The zero-order valence-corrected chi connectivity index (χ0v) is 8.27. The molecule has 0 aliphatic carbocycles. The van der Waals surface area contributed by atoms with E-state index < -0.39 is 11.7 Å². The number of rotatable bonds is 0. The molecule has 1 aromatic rings. The highest BCUT2D eigenvalue weighted by Gasteiger charge is 2.32. The molecule has 0 unspecified atom stereocenters. The SMILES string of the molecule is C[C@@H]1OCCc2ccc(C(F)(F)F)cc21. The Kier molecular flexibility index (Phi) is 2.46. The summed E-state index contributed by atoms with van der Waals surface area (Å²) in [6.45, 7) is 2.36. The Morgan fingerprint density at radius 2 is 2.07 bits per heavy atom. The monoisotopic (exact) mass is 216 g/mol. The summed E-state index contributed by atoms with van der Waals surface area (Å²) in [5, 5.41) is 0. The third-order valence-corrected chi connectivity index (χ3v) is 2.65. The average molecular weight is 216 g/mol. The minimum Gasteiger partial charge on any atom is -0.373 e. The van der Waals surface area contributed by atoms with E-state index in [9.17, 15) is 13.2 Å². The number of hydrogen-bond acceptors (Lipinski definition) is 1. The van der Waals surface area contributed by atoms with Crippen LogP contribution in [0.5, 0.6) is 0 Å². The molecule has 0 saturated heterocycles. The lowest BCUT2D eigenvalue weighted by molar-refractivity contribution is -0.137. The van der Waals surface area contributed by atoms with E-state index in [1.165, 1.54) is 6.07 Å². The first kappa shape index (κ1) is 10.5. The van der Waals surface area contributed by atoms with Crippen LogP contribution in [0.25, 0.3) is 0 Å². The smallest absolute Gasteiger partial charge is 0.373 e. The van der Waals surface area contributed by atoms with Crippen LogP contribution in [0.3, 0.4) is 0 Å². The topological polar surface area (TPSA) is 9.23 Å². The predicted octanol–water partition coefficient (Wildman–Crippen LogP) is 3.34. The van der Waals surface area contributed by atoms with E-state index in [2.05, 4.69) is 0 Å². The highest BCUT2D eigenvalue weighted by Crippen LogP contribution is 2.34. The number of alkyl halides is 3. The van der Waals surface area contributed by atoms with E-state index in [0.29, 0.717) is 18.6 Å². The van der Waals surface area contributed by atoms with Crippen LogP contribution in [0.15, 0.2) is 18.2 Å². The first-order chi connectivity index (χ1) is 6.98. The molecule has 1 nitrogen and oxygen atoms in total. The second kappa shape index (κ2) is 3.52. The molecule has 0 aromatic heterocycles. The van der Waals surface area contributed by atoms with Gasteiger partial charge < -0.3 is 4.74 Å². The van der Waals surface area contributed by atoms with E-state index in [-0.39, 0.29) is 6.10 Å². The Morgan fingerprint density at radius 1 is 1.33 bits per heavy atom. The van der Waals surface area contributed by atoms with Crippen molar-refractivity contribution in [1.82, 2.24) is 0 Å². The van der Waals surface area contributed by atoms with E-state index >= 15 is 0 Å². The van der Waals surface area contributed by atoms with Crippen molar-refractivity contribution < 1.29 is 17.9 Å². The van der Waals surface area contributed by atoms with Gasteiger partial charge in [0.05, 0.1) is 18.3 Å². The summed E-state index contributed by atoms with van der Waals surface area (Å²) >= 11 is 0. The van der Waals surface area contributed by atoms with Gasteiger partial charge in [0.15, 0.2) is 0 Å². The maximum absolute atomic E-state index is 12.4. The summed E-state index contributed by atoms with van der Waals surface area (Å²) in [5.74, 6) is 0. The Balaban J connectivity index is 2.44. The highest BCUT2D eigenvalue weighted by atomic mass is 19.4. The van der Waals surface area contributed by atoms with Gasteiger partial charge in [-0.2, -0.15) is 13.2 Å². The van der Waals surface area contributed by atoms with Gasteiger partial charge in [-0.15, -0.1) is 0 Å². The molecule has 0 radical (unpaired) electrons. The van der Waals surface area contributed by atoms with Crippen LogP contribution >= 0.6 is 0 Å². The first-order valence-electron chi connectivity index (χ1n) is 4.80. The van der Waals surface area contributed by atoms with Crippen LogP contribution in [-0.2, 0) is 17.3 Å². The van der Waals surface area contributed by atoms with Gasteiger partial charge >= 0.3 is 6.18 Å². The van der Waals surface area contributed by atoms with Crippen molar-refractivity contribution in [2.75, 3.05) is 6.61 Å². The number of ether oxygens (including phenoxy) is 1. The molecule has 0 spiro atoms. The summed E-state index contributed by atoms with van der Waals surface area (Å²) in [6.07, 6.45) is -3.82. The molecule has 0 fully saturated rings. The van der Waals surface area contributed by atoms with E-state index in [1.54, 1.807) is 13.0 Å². The third kappa shape index (κ3) is 2.00. The number of hydrogen-bond donors (Lipinski definition) is 0. The molecule has 1 atom stereocenters. The fourth-order valence-corrected chi connectivity index (χ4v) is 1.81. The van der Waals surface area contributed by atoms with Crippen LogP contribution in [-0.4, -0.2) is 6.61 Å². The molecule has 4 heteroatoms. The summed E-state index contributed by atoms with van der Waals surface area (Å²) in [4.78, 5) is 0. The van der Waals surface area contributed by atoms with E-state index in [0.717, 1.165) is 11.6 Å². The van der Waals surface area contributed by atoms with Gasteiger partial charge in [-0.1, -0.05) is 6.07 Å². The van der Waals surface area contributed by atoms with Crippen molar-refractivity contribution in [2.24, 2.45) is 0 Å². The molecular weight excluding hydrogens is 205 g/mol. The lowest BCUT2D eigenvalue weighted by Crippen LogP contribution is -2.16. The number of fused-ring (bicyclic) bond motifs is 1. The van der Waals surface area contributed by atoms with Crippen molar-refractivity contribution >= 4 is 0 Å². The van der Waals surface area contributed by atoms with Gasteiger partial charge in [0.2, 0.25) is 0 Å². The fraction of sp³-hybridized carbons (Fsp3) is 0.455. The molecule has 1 aliphatic heterocycles. The second-order valence-corrected chi connectivity index (χ2v) is 3.67. The number of benzene rings is 1. The largest absolute Gasteiger partial charge is 0.416 e. The first-order valence-corrected chi connectivity index (χ1v) is 4.80. The van der Waals surface area contributed by atoms with E-state index in [4.69, 9.17) is 4.74 Å².